The van der Waals surface area contributed by atoms with Gasteiger partial charge in [-0.05, 0) is 91.2 Å². The van der Waals surface area contributed by atoms with Gasteiger partial charge < -0.3 is 18.1 Å². The molecule has 502 valence electrons. The van der Waals surface area contributed by atoms with E-state index in [0.29, 0.717) is 26.0 Å². The molecule has 0 fully saturated rings. The van der Waals surface area contributed by atoms with Gasteiger partial charge in [-0.2, -0.15) is 0 Å². The first-order valence-corrected chi connectivity index (χ1v) is 40.3. The van der Waals surface area contributed by atoms with Gasteiger partial charge in [0.05, 0.1) is 26.0 Å². The van der Waals surface area contributed by atoms with E-state index in [9.17, 15) is 0 Å². The van der Waals surface area contributed by atoms with Crippen LogP contribution in [0.2, 0.25) is 0 Å². The predicted octanol–water partition coefficient (Wildman–Crippen LogP) is 28.3. The molecule has 2 unspecified atom stereocenters. The third-order valence-electron chi connectivity index (χ3n) is 18.1. The van der Waals surface area contributed by atoms with Crippen LogP contribution in [0.3, 0.4) is 0 Å². The SMILES string of the molecule is CCCCCCCCCCCCCOP(OCCCCCCCCCCCCC)Oc1cc(C)c(C(CCC)c2cc(C(C)(C)C)c(OP(=O)(CCCCCCCCCCCCC)OCCCCCCCCCCCCC)cc2C)cc1C(C)(C)C. The van der Waals surface area contributed by atoms with Crippen LogP contribution in [0, 0.1) is 13.8 Å². The minimum Gasteiger partial charge on any atom is -0.426 e. The van der Waals surface area contributed by atoms with Gasteiger partial charge in [-0.25, -0.2) is 4.57 Å². The third kappa shape index (κ3) is 38.4. The Kier molecular flexibility index (Phi) is 48.0. The van der Waals surface area contributed by atoms with E-state index >= 15 is 4.57 Å². The van der Waals surface area contributed by atoms with Crippen LogP contribution in [0.15, 0.2) is 24.3 Å². The van der Waals surface area contributed by atoms with Crippen LogP contribution in [0.1, 0.15) is 411 Å². The molecular formula is C78H144O6P2. The molecule has 0 aliphatic heterocycles. The van der Waals surface area contributed by atoms with Crippen LogP contribution in [-0.2, 0) is 29.0 Å². The van der Waals surface area contributed by atoms with Gasteiger partial charge in [-0.15, -0.1) is 0 Å². The fourth-order valence-corrected chi connectivity index (χ4v) is 15.2. The molecule has 0 saturated heterocycles. The molecule has 2 atom stereocenters. The van der Waals surface area contributed by atoms with Gasteiger partial charge in [0.2, 0.25) is 0 Å². The normalized spacial score (nSPS) is 13.3. The van der Waals surface area contributed by atoms with Crippen molar-refractivity contribution in [1.82, 2.24) is 0 Å². The summed E-state index contributed by atoms with van der Waals surface area (Å²) in [5.41, 5.74) is 6.89. The maximum absolute atomic E-state index is 15.2. The first-order valence-electron chi connectivity index (χ1n) is 37.5. The first kappa shape index (κ1) is 80.7. The van der Waals surface area contributed by atoms with E-state index in [1.54, 1.807) is 0 Å². The summed E-state index contributed by atoms with van der Waals surface area (Å²) in [5, 5.41) is 0. The number of aryl methyl sites for hydroxylation is 2. The van der Waals surface area contributed by atoms with E-state index in [1.807, 2.05) is 0 Å². The Morgan fingerprint density at radius 2 is 0.663 bits per heavy atom. The summed E-state index contributed by atoms with van der Waals surface area (Å²) in [7, 11) is -5.02. The molecule has 0 bridgehead atoms. The van der Waals surface area contributed by atoms with Gasteiger partial charge in [0, 0.05) is 17.0 Å². The van der Waals surface area contributed by atoms with Crippen molar-refractivity contribution in [3.05, 3.63) is 57.6 Å². The molecule has 0 spiro atoms. The van der Waals surface area contributed by atoms with Crippen molar-refractivity contribution in [3.8, 4) is 11.5 Å². The minimum absolute atomic E-state index is 0.155. The van der Waals surface area contributed by atoms with Crippen molar-refractivity contribution in [1.29, 1.82) is 0 Å². The van der Waals surface area contributed by atoms with E-state index < -0.39 is 16.2 Å². The molecular weight excluding hydrogens is 1090 g/mol. The van der Waals surface area contributed by atoms with E-state index in [-0.39, 0.29) is 16.7 Å². The maximum Gasteiger partial charge on any atom is 0.397 e. The summed E-state index contributed by atoms with van der Waals surface area (Å²) in [6.07, 6.45) is 59.1. The molecule has 86 heavy (non-hydrogen) atoms. The van der Waals surface area contributed by atoms with Crippen molar-refractivity contribution < 1.29 is 27.2 Å². The van der Waals surface area contributed by atoms with E-state index in [4.69, 9.17) is 22.6 Å². The Labute approximate surface area is 537 Å². The molecule has 0 heterocycles. The monoisotopic (exact) mass is 1240 g/mol. The summed E-state index contributed by atoms with van der Waals surface area (Å²) in [5.74, 6) is 1.77. The molecule has 2 aromatic rings. The standard InChI is InChI=1S/C78H144O6P2/c1-14-19-23-27-31-35-39-43-47-51-55-60-80-85(81-61-56-52-48-44-40-36-32-28-24-20-15-2)83-75-64-68(6)71(66-73(75)77(8,9)10)70(59-18-5)72-67-74(78(11,12)13)76(65-69(72)7)84-86(79,63-58-54-50-46-42-38-34-30-26-22-17-4)82-62-57-53-49-45-41-37-33-29-25-21-16-3/h64-67,70H,14-63H2,1-13H3. The van der Waals surface area contributed by atoms with Gasteiger partial charge in [0.25, 0.3) is 0 Å². The van der Waals surface area contributed by atoms with Gasteiger partial charge in [-0.3, -0.25) is 4.52 Å². The molecule has 2 aromatic carbocycles. The van der Waals surface area contributed by atoms with Crippen molar-refractivity contribution in [2.24, 2.45) is 0 Å². The van der Waals surface area contributed by atoms with Gasteiger partial charge >= 0.3 is 16.2 Å². The average molecular weight is 1240 g/mol. The van der Waals surface area contributed by atoms with Crippen molar-refractivity contribution in [3.63, 3.8) is 0 Å². The lowest BCUT2D eigenvalue weighted by molar-refractivity contribution is 0.197. The Morgan fingerprint density at radius 1 is 0.372 bits per heavy atom. The molecule has 8 heteroatoms. The Bertz CT molecular complexity index is 1920. The van der Waals surface area contributed by atoms with E-state index in [2.05, 4.69) is 114 Å². The fraction of sp³-hybridized carbons (Fsp3) is 0.846. The highest BCUT2D eigenvalue weighted by Gasteiger charge is 2.33. The number of hydrogen-bond acceptors (Lipinski definition) is 6. The average Bonchev–Trinajstić information content (AvgIpc) is 3.32. The second kappa shape index (κ2) is 51.1. The topological polar surface area (TPSA) is 63.2 Å². The quantitative estimate of drug-likeness (QED) is 0.0486. The molecule has 0 N–H and O–H groups in total. The number of benzene rings is 2. The number of rotatable bonds is 59. The lowest BCUT2D eigenvalue weighted by Gasteiger charge is -2.31. The zero-order valence-electron chi connectivity index (χ0n) is 59.6. The van der Waals surface area contributed by atoms with Gasteiger partial charge in [0.15, 0.2) is 0 Å². The van der Waals surface area contributed by atoms with Crippen LogP contribution in [0.5, 0.6) is 11.5 Å². The Balaban J connectivity index is 2.39. The Hall–Kier alpha value is -1.42. The molecule has 0 amide bonds. The summed E-state index contributed by atoms with van der Waals surface area (Å²) in [4.78, 5) is 0. The van der Waals surface area contributed by atoms with Crippen LogP contribution < -0.4 is 9.05 Å². The predicted molar refractivity (Wildman–Crippen MR) is 381 cm³/mol. The van der Waals surface area contributed by atoms with Crippen molar-refractivity contribution in [2.45, 2.75) is 402 Å². The molecule has 0 aliphatic carbocycles. The second-order valence-electron chi connectivity index (χ2n) is 28.6. The van der Waals surface area contributed by atoms with Crippen LogP contribution in [0.4, 0.5) is 0 Å². The molecule has 0 radical (unpaired) electrons. The third-order valence-corrected chi connectivity index (χ3v) is 21.1. The molecule has 6 nitrogen and oxygen atoms in total. The van der Waals surface area contributed by atoms with Crippen molar-refractivity contribution >= 4 is 16.2 Å². The molecule has 0 aromatic heterocycles. The minimum atomic E-state index is -3.45. The van der Waals surface area contributed by atoms with E-state index in [1.165, 1.54) is 272 Å². The lowest BCUT2D eigenvalue weighted by atomic mass is 9.76. The highest BCUT2D eigenvalue weighted by atomic mass is 31.2. The largest absolute Gasteiger partial charge is 0.426 e. The second-order valence-corrected chi connectivity index (χ2v) is 31.9. The molecule has 2 rings (SSSR count). The van der Waals surface area contributed by atoms with Crippen LogP contribution >= 0.6 is 16.2 Å². The zero-order chi connectivity index (χ0) is 63.0. The smallest absolute Gasteiger partial charge is 0.397 e. The number of hydrogen-bond donors (Lipinski definition) is 0. The lowest BCUT2D eigenvalue weighted by Crippen LogP contribution is -2.18. The van der Waals surface area contributed by atoms with Crippen LogP contribution in [0.25, 0.3) is 0 Å². The highest BCUT2D eigenvalue weighted by Crippen LogP contribution is 2.53. The maximum atomic E-state index is 15.2. The molecule has 0 saturated carbocycles. The van der Waals surface area contributed by atoms with E-state index in [0.717, 1.165) is 68.4 Å². The molecule has 0 aliphatic rings. The van der Waals surface area contributed by atoms with Gasteiger partial charge in [0.1, 0.15) is 11.5 Å². The Morgan fingerprint density at radius 3 is 0.988 bits per heavy atom. The highest BCUT2D eigenvalue weighted by molar-refractivity contribution is 7.54. The fourth-order valence-electron chi connectivity index (χ4n) is 12.4. The number of unbranched alkanes of at least 4 members (excludes halogenated alkanes) is 40. The van der Waals surface area contributed by atoms with Crippen LogP contribution in [-0.4, -0.2) is 26.0 Å². The summed E-state index contributed by atoms with van der Waals surface area (Å²) in [6.45, 7) is 31.6. The van der Waals surface area contributed by atoms with Crippen molar-refractivity contribution in [2.75, 3.05) is 26.0 Å². The summed E-state index contributed by atoms with van der Waals surface area (Å²) >= 11 is 0. The summed E-state index contributed by atoms with van der Waals surface area (Å²) in [6, 6.07) is 9.37. The first-order chi connectivity index (χ1) is 41.5. The van der Waals surface area contributed by atoms with Gasteiger partial charge in [-0.1, -0.05) is 352 Å². The zero-order valence-corrected chi connectivity index (χ0v) is 61.4. The summed E-state index contributed by atoms with van der Waals surface area (Å²) < 4.78 is 48.9.